The average molecular weight is 246 g/mol. The fraction of sp³-hybridized carbons (Fsp3) is 0.357. The van der Waals surface area contributed by atoms with E-state index >= 15 is 0 Å². The largest absolute Gasteiger partial charge is 0.493 e. The van der Waals surface area contributed by atoms with Crippen LogP contribution < -0.4 is 15.2 Å². The molecule has 0 spiro atoms. The van der Waals surface area contributed by atoms with Crippen LogP contribution in [0.1, 0.15) is 12.1 Å². The molecule has 0 atom stereocenters. The summed E-state index contributed by atoms with van der Waals surface area (Å²) in [5, 5.41) is 1.05. The molecule has 2 rings (SSSR count). The Morgan fingerprint density at radius 2 is 1.83 bits per heavy atom. The molecule has 0 amide bonds. The number of nitrogens with zero attached hydrogens (tertiary/aromatic N) is 1. The molecule has 4 nitrogen and oxygen atoms in total. The number of rotatable bonds is 5. The van der Waals surface area contributed by atoms with Crippen LogP contribution >= 0.6 is 0 Å². The number of pyridine rings is 1. The van der Waals surface area contributed by atoms with Crippen LogP contribution in [-0.4, -0.2) is 25.7 Å². The number of aryl methyl sites for hydroxylation is 1. The molecule has 4 heteroatoms. The average Bonchev–Trinajstić information content (AvgIpc) is 2.43. The number of hydrogen-bond acceptors (Lipinski definition) is 4. The molecule has 1 heterocycles. The first kappa shape index (κ1) is 12.6. The molecular weight excluding hydrogens is 228 g/mol. The Labute approximate surface area is 107 Å². The van der Waals surface area contributed by atoms with Gasteiger partial charge in [-0.2, -0.15) is 0 Å². The number of methoxy groups -OCH3 is 2. The van der Waals surface area contributed by atoms with Gasteiger partial charge in [0.15, 0.2) is 11.5 Å². The topological polar surface area (TPSA) is 57.4 Å². The van der Waals surface area contributed by atoms with Gasteiger partial charge in [0.05, 0.1) is 19.7 Å². The predicted octanol–water partition coefficient (Wildman–Crippen LogP) is 2.14. The number of nitrogens with two attached hydrogens (primary N) is 1. The Hall–Kier alpha value is -1.81. The van der Waals surface area contributed by atoms with Crippen molar-refractivity contribution in [3.8, 4) is 11.5 Å². The molecule has 0 aliphatic heterocycles. The summed E-state index contributed by atoms with van der Waals surface area (Å²) in [7, 11) is 3.26. The minimum absolute atomic E-state index is 0.686. The molecule has 0 radical (unpaired) electrons. The van der Waals surface area contributed by atoms with Gasteiger partial charge in [-0.15, -0.1) is 0 Å². The number of benzene rings is 1. The zero-order valence-corrected chi connectivity index (χ0v) is 10.8. The van der Waals surface area contributed by atoms with Crippen LogP contribution in [0.15, 0.2) is 24.3 Å². The highest BCUT2D eigenvalue weighted by molar-refractivity contribution is 5.82. The first-order chi connectivity index (χ1) is 8.78. The van der Waals surface area contributed by atoms with E-state index in [9.17, 15) is 0 Å². The molecule has 96 valence electrons. The van der Waals surface area contributed by atoms with Gasteiger partial charge in [0.25, 0.3) is 0 Å². The molecule has 18 heavy (non-hydrogen) atoms. The van der Waals surface area contributed by atoms with E-state index < -0.39 is 0 Å². The Bertz CT molecular complexity index is 541. The van der Waals surface area contributed by atoms with E-state index in [1.807, 2.05) is 18.2 Å². The summed E-state index contributed by atoms with van der Waals surface area (Å²) >= 11 is 0. The summed E-state index contributed by atoms with van der Waals surface area (Å²) in [6, 6.07) is 7.92. The SMILES string of the molecule is COc1cc2ccc(CCCN)nc2cc1OC. The van der Waals surface area contributed by atoms with Gasteiger partial charge >= 0.3 is 0 Å². The van der Waals surface area contributed by atoms with Crippen LogP contribution in [0.5, 0.6) is 11.5 Å². The van der Waals surface area contributed by atoms with Crippen LogP contribution in [0.2, 0.25) is 0 Å². The van der Waals surface area contributed by atoms with Crippen molar-refractivity contribution in [2.75, 3.05) is 20.8 Å². The Kier molecular flexibility index (Phi) is 3.99. The van der Waals surface area contributed by atoms with Gasteiger partial charge in [0.2, 0.25) is 0 Å². The maximum atomic E-state index is 5.51. The number of hydrogen-bond donors (Lipinski definition) is 1. The molecule has 2 N–H and O–H groups in total. The summed E-state index contributed by atoms with van der Waals surface area (Å²) in [6.07, 6.45) is 1.85. The summed E-state index contributed by atoms with van der Waals surface area (Å²) in [4.78, 5) is 4.61. The van der Waals surface area contributed by atoms with Gasteiger partial charge in [-0.25, -0.2) is 0 Å². The van der Waals surface area contributed by atoms with Gasteiger partial charge in [-0.3, -0.25) is 4.98 Å². The van der Waals surface area contributed by atoms with E-state index in [1.54, 1.807) is 14.2 Å². The standard InChI is InChI=1S/C14H18N2O2/c1-17-13-8-10-5-6-11(4-3-7-15)16-12(10)9-14(13)18-2/h5-6,8-9H,3-4,7,15H2,1-2H3. The Morgan fingerprint density at radius 3 is 2.50 bits per heavy atom. The lowest BCUT2D eigenvalue weighted by molar-refractivity contribution is 0.356. The molecule has 0 saturated carbocycles. The van der Waals surface area contributed by atoms with Crippen molar-refractivity contribution in [2.45, 2.75) is 12.8 Å². The molecule has 0 aliphatic rings. The minimum Gasteiger partial charge on any atom is -0.493 e. The Morgan fingerprint density at radius 1 is 1.11 bits per heavy atom. The van der Waals surface area contributed by atoms with E-state index in [4.69, 9.17) is 15.2 Å². The lowest BCUT2D eigenvalue weighted by atomic mass is 10.1. The highest BCUT2D eigenvalue weighted by Gasteiger charge is 2.07. The third-order valence-corrected chi connectivity index (χ3v) is 2.89. The molecular formula is C14H18N2O2. The zero-order chi connectivity index (χ0) is 13.0. The van der Waals surface area contributed by atoms with Crippen molar-refractivity contribution in [3.05, 3.63) is 30.0 Å². The van der Waals surface area contributed by atoms with Gasteiger partial charge in [-0.1, -0.05) is 6.07 Å². The highest BCUT2D eigenvalue weighted by atomic mass is 16.5. The van der Waals surface area contributed by atoms with Gasteiger partial charge < -0.3 is 15.2 Å². The van der Waals surface area contributed by atoms with Crippen LogP contribution in [0.4, 0.5) is 0 Å². The first-order valence-corrected chi connectivity index (χ1v) is 6.00. The van der Waals surface area contributed by atoms with Gasteiger partial charge in [0.1, 0.15) is 0 Å². The van der Waals surface area contributed by atoms with Gasteiger partial charge in [0, 0.05) is 17.1 Å². The molecule has 0 saturated heterocycles. The quantitative estimate of drug-likeness (QED) is 0.878. The van der Waals surface area contributed by atoms with E-state index in [-0.39, 0.29) is 0 Å². The third-order valence-electron chi connectivity index (χ3n) is 2.89. The fourth-order valence-electron chi connectivity index (χ4n) is 1.91. The molecule has 0 aliphatic carbocycles. The second kappa shape index (κ2) is 5.69. The smallest absolute Gasteiger partial charge is 0.162 e. The summed E-state index contributed by atoms with van der Waals surface area (Å²) in [5.41, 5.74) is 7.48. The normalized spacial score (nSPS) is 10.6. The fourth-order valence-corrected chi connectivity index (χ4v) is 1.91. The van der Waals surface area contributed by atoms with Crippen LogP contribution in [-0.2, 0) is 6.42 Å². The lowest BCUT2D eigenvalue weighted by Gasteiger charge is -2.09. The van der Waals surface area contributed by atoms with Crippen molar-refractivity contribution in [2.24, 2.45) is 5.73 Å². The Balaban J connectivity index is 2.42. The van der Waals surface area contributed by atoms with E-state index in [0.717, 1.165) is 35.2 Å². The second-order valence-electron chi connectivity index (χ2n) is 4.09. The van der Waals surface area contributed by atoms with Crippen molar-refractivity contribution in [1.29, 1.82) is 0 Å². The molecule has 1 aromatic heterocycles. The molecule has 0 fully saturated rings. The molecule has 2 aromatic rings. The van der Waals surface area contributed by atoms with Crippen molar-refractivity contribution in [1.82, 2.24) is 4.98 Å². The lowest BCUT2D eigenvalue weighted by Crippen LogP contribution is -2.01. The summed E-state index contributed by atoms with van der Waals surface area (Å²) in [6.45, 7) is 0.686. The maximum absolute atomic E-state index is 5.51. The minimum atomic E-state index is 0.686. The third kappa shape index (κ3) is 2.54. The number of aromatic nitrogens is 1. The van der Waals surface area contributed by atoms with Crippen LogP contribution in [0.3, 0.4) is 0 Å². The molecule has 0 bridgehead atoms. The van der Waals surface area contributed by atoms with Crippen molar-refractivity contribution >= 4 is 10.9 Å². The van der Waals surface area contributed by atoms with E-state index in [2.05, 4.69) is 11.1 Å². The van der Waals surface area contributed by atoms with E-state index in [1.165, 1.54) is 0 Å². The van der Waals surface area contributed by atoms with E-state index in [0.29, 0.717) is 12.3 Å². The summed E-state index contributed by atoms with van der Waals surface area (Å²) < 4.78 is 10.6. The first-order valence-electron chi connectivity index (χ1n) is 6.00. The second-order valence-corrected chi connectivity index (χ2v) is 4.09. The van der Waals surface area contributed by atoms with Crippen LogP contribution in [0.25, 0.3) is 10.9 Å². The monoisotopic (exact) mass is 246 g/mol. The number of ether oxygens (including phenoxy) is 2. The highest BCUT2D eigenvalue weighted by Crippen LogP contribution is 2.31. The summed E-state index contributed by atoms with van der Waals surface area (Å²) in [5.74, 6) is 1.43. The molecule has 1 aromatic carbocycles. The predicted molar refractivity (Wildman–Crippen MR) is 72.2 cm³/mol. The number of fused-ring (bicyclic) bond motifs is 1. The van der Waals surface area contributed by atoms with Crippen LogP contribution in [0, 0.1) is 0 Å². The van der Waals surface area contributed by atoms with Crippen molar-refractivity contribution in [3.63, 3.8) is 0 Å². The zero-order valence-electron chi connectivity index (χ0n) is 10.8. The van der Waals surface area contributed by atoms with Crippen molar-refractivity contribution < 1.29 is 9.47 Å². The molecule has 0 unspecified atom stereocenters. The van der Waals surface area contributed by atoms with Gasteiger partial charge in [-0.05, 0) is 31.5 Å². The maximum Gasteiger partial charge on any atom is 0.162 e.